The molecule has 2 fully saturated rings. The second kappa shape index (κ2) is 7.65. The second-order valence-corrected chi connectivity index (χ2v) is 8.72. The number of fused-ring (bicyclic) bond motifs is 1. The van der Waals surface area contributed by atoms with Gasteiger partial charge >= 0.3 is 12.3 Å². The number of hydrogen-bond acceptors (Lipinski definition) is 7. The fourth-order valence-corrected chi connectivity index (χ4v) is 4.55. The molecule has 1 aromatic carbocycles. The van der Waals surface area contributed by atoms with Crippen molar-refractivity contribution in [1.82, 2.24) is 24.6 Å². The first kappa shape index (κ1) is 23.1. The van der Waals surface area contributed by atoms with Crippen LogP contribution in [0.15, 0.2) is 12.3 Å². The van der Waals surface area contributed by atoms with Crippen molar-refractivity contribution < 1.29 is 36.6 Å². The first-order valence-electron chi connectivity index (χ1n) is 10.6. The van der Waals surface area contributed by atoms with Crippen LogP contribution in [-0.2, 0) is 18.0 Å². The van der Waals surface area contributed by atoms with E-state index in [1.54, 1.807) is 7.05 Å². The fraction of sp³-hybridized carbons (Fsp3) is 0.429. The minimum absolute atomic E-state index is 0.120. The zero-order valence-corrected chi connectivity index (χ0v) is 18.5. The maximum atomic E-state index is 14.6. The average Bonchev–Trinajstić information content (AvgIpc) is 3.27. The lowest BCUT2D eigenvalue weighted by molar-refractivity contribution is -0.140. The Morgan fingerprint density at radius 2 is 1.83 bits per heavy atom. The molecule has 2 aromatic heterocycles. The second-order valence-electron chi connectivity index (χ2n) is 8.72. The number of amides is 1. The number of nitrogens with zero attached hydrogens (tertiary/aromatic N) is 6. The first-order chi connectivity index (χ1) is 16.4. The molecule has 2 saturated heterocycles. The summed E-state index contributed by atoms with van der Waals surface area (Å²) in [5.41, 5.74) is -3.18. The number of likely N-dealkylation sites (N-methyl/N-ethyl adjacent to an activating group) is 1. The van der Waals surface area contributed by atoms with Crippen LogP contribution >= 0.6 is 0 Å². The molecule has 5 rings (SSSR count). The number of phenolic OH excluding ortho intramolecular Hbond substituents is 1. The molecule has 2 aliphatic rings. The Hall–Kier alpha value is -3.71. The molecule has 1 amide bonds. The highest BCUT2D eigenvalue weighted by Crippen LogP contribution is 2.41. The van der Waals surface area contributed by atoms with Crippen molar-refractivity contribution in [2.75, 3.05) is 31.6 Å². The number of benzene rings is 1. The highest BCUT2D eigenvalue weighted by atomic mass is 19.4. The molecule has 1 N–H and O–H groups in total. The van der Waals surface area contributed by atoms with Crippen LogP contribution in [0.3, 0.4) is 0 Å². The summed E-state index contributed by atoms with van der Waals surface area (Å²) in [4.78, 5) is 23.9. The average molecular weight is 498 g/mol. The molecule has 4 heterocycles. The number of phenols is 1. The van der Waals surface area contributed by atoms with Gasteiger partial charge in [-0.15, -0.1) is 0 Å². The quantitative estimate of drug-likeness (QED) is 0.541. The zero-order valence-electron chi connectivity index (χ0n) is 18.5. The van der Waals surface area contributed by atoms with Gasteiger partial charge < -0.3 is 19.6 Å². The van der Waals surface area contributed by atoms with Gasteiger partial charge in [0.1, 0.15) is 11.3 Å². The lowest BCUT2D eigenvalue weighted by atomic mass is 9.91. The number of carbonyl (C=O) groups excluding carboxylic acids is 1. The Morgan fingerprint density at radius 1 is 1.14 bits per heavy atom. The lowest BCUT2D eigenvalue weighted by Crippen LogP contribution is -2.47. The fourth-order valence-electron chi connectivity index (χ4n) is 4.55. The van der Waals surface area contributed by atoms with Crippen LogP contribution < -0.4 is 4.90 Å². The summed E-state index contributed by atoms with van der Waals surface area (Å²) in [6.07, 6.45) is -3.12. The molecule has 0 atom stereocenters. The summed E-state index contributed by atoms with van der Waals surface area (Å²) in [7, 11) is 3.13. The molecule has 0 radical (unpaired) electrons. The minimum atomic E-state index is -5.16. The Balaban J connectivity index is 1.49. The number of alkyl halides is 3. The summed E-state index contributed by atoms with van der Waals surface area (Å²) in [5.74, 6) is -5.10. The molecule has 14 heteroatoms. The number of ether oxygens (including phenoxy) is 1. The number of hydrogen-bond donors (Lipinski definition) is 1. The number of carbonyl (C=O) groups is 1. The van der Waals surface area contributed by atoms with Crippen molar-refractivity contribution >= 4 is 23.1 Å². The summed E-state index contributed by atoms with van der Waals surface area (Å²) >= 11 is 0. The van der Waals surface area contributed by atoms with E-state index in [1.807, 2.05) is 4.90 Å². The van der Waals surface area contributed by atoms with E-state index in [0.717, 1.165) is 0 Å². The van der Waals surface area contributed by atoms with E-state index in [-0.39, 0.29) is 28.9 Å². The zero-order chi connectivity index (χ0) is 25.3. The smallest absolute Gasteiger partial charge is 0.419 e. The predicted octanol–water partition coefficient (Wildman–Crippen LogP) is 3.45. The van der Waals surface area contributed by atoms with Crippen LogP contribution in [-0.4, -0.2) is 68.1 Å². The molecule has 0 saturated carbocycles. The maximum absolute atomic E-state index is 14.6. The third-order valence-electron chi connectivity index (χ3n) is 6.40. The van der Waals surface area contributed by atoms with Crippen LogP contribution in [0.1, 0.15) is 18.4 Å². The molecular weight excluding hydrogens is 479 g/mol. The van der Waals surface area contributed by atoms with Gasteiger partial charge in [-0.3, -0.25) is 0 Å². The van der Waals surface area contributed by atoms with Gasteiger partial charge in [0.2, 0.25) is 5.95 Å². The van der Waals surface area contributed by atoms with Gasteiger partial charge in [-0.2, -0.15) is 23.3 Å². The first-order valence-corrected chi connectivity index (χ1v) is 10.6. The lowest BCUT2D eigenvalue weighted by Gasteiger charge is -2.37. The maximum Gasteiger partial charge on any atom is 0.419 e. The van der Waals surface area contributed by atoms with Crippen molar-refractivity contribution in [1.29, 1.82) is 0 Å². The van der Waals surface area contributed by atoms with Gasteiger partial charge in [0, 0.05) is 51.8 Å². The van der Waals surface area contributed by atoms with Crippen LogP contribution in [0.2, 0.25) is 0 Å². The van der Waals surface area contributed by atoms with E-state index < -0.39 is 40.3 Å². The molecule has 0 bridgehead atoms. The van der Waals surface area contributed by atoms with Gasteiger partial charge in [0.15, 0.2) is 23.0 Å². The molecule has 0 unspecified atom stereocenters. The van der Waals surface area contributed by atoms with Gasteiger partial charge in [-0.05, 0) is 6.07 Å². The number of aryl methyl sites for hydroxylation is 1. The number of rotatable bonds is 2. The van der Waals surface area contributed by atoms with E-state index in [9.17, 15) is 31.9 Å². The van der Waals surface area contributed by atoms with Crippen molar-refractivity contribution in [3.05, 3.63) is 29.5 Å². The van der Waals surface area contributed by atoms with Crippen molar-refractivity contribution in [2.45, 2.75) is 24.6 Å². The van der Waals surface area contributed by atoms with E-state index in [0.29, 0.717) is 38.4 Å². The summed E-state index contributed by atoms with van der Waals surface area (Å²) in [6, 6.07) is 0.268. The predicted molar refractivity (Wildman–Crippen MR) is 112 cm³/mol. The Labute approximate surface area is 194 Å². The highest BCUT2D eigenvalue weighted by Gasteiger charge is 2.46. The Bertz CT molecular complexity index is 1350. The minimum Gasteiger partial charge on any atom is -0.503 e. The standard InChI is InChI=1S/C21H19F5N6O3/c1-30-9-20(35-19(30)34)3-5-32(6-4-20)18-27-8-11-15(29-31(2)17(11)28-18)10-7-12(21(24,25)26)14(23)16(33)13(10)22/h7-8,33H,3-6,9H2,1-2H3. The highest BCUT2D eigenvalue weighted by molar-refractivity contribution is 5.91. The molecular formula is C21H19F5N6O3. The SMILES string of the molecule is CN1CC2(CCN(c3ncc4c(-c5cc(C(F)(F)F)c(F)c(O)c5F)nn(C)c4n3)CC2)OC1=O. The Kier molecular flexibility index (Phi) is 5.04. The molecule has 186 valence electrons. The third kappa shape index (κ3) is 3.67. The van der Waals surface area contributed by atoms with Crippen molar-refractivity contribution in [3.8, 4) is 17.0 Å². The normalized spacial score (nSPS) is 18.1. The molecule has 0 aliphatic carbocycles. The van der Waals surface area contributed by atoms with Gasteiger partial charge in [0.25, 0.3) is 0 Å². The van der Waals surface area contributed by atoms with Crippen LogP contribution in [0.5, 0.6) is 5.75 Å². The van der Waals surface area contributed by atoms with E-state index in [1.165, 1.54) is 22.8 Å². The van der Waals surface area contributed by atoms with E-state index in [4.69, 9.17) is 4.74 Å². The van der Waals surface area contributed by atoms with Gasteiger partial charge in [-0.1, -0.05) is 0 Å². The number of aromatic nitrogens is 4. The van der Waals surface area contributed by atoms with E-state index in [2.05, 4.69) is 15.1 Å². The van der Waals surface area contributed by atoms with Gasteiger partial charge in [-0.25, -0.2) is 23.2 Å². The van der Waals surface area contributed by atoms with Crippen molar-refractivity contribution in [3.63, 3.8) is 0 Å². The summed E-state index contributed by atoms with van der Waals surface area (Å²) in [5, 5.41) is 13.8. The number of aromatic hydroxyl groups is 1. The molecule has 3 aromatic rings. The number of piperidine rings is 1. The van der Waals surface area contributed by atoms with E-state index >= 15 is 0 Å². The number of anilines is 1. The molecule has 2 aliphatic heterocycles. The summed E-state index contributed by atoms with van der Waals surface area (Å²) in [6.45, 7) is 1.47. The van der Waals surface area contributed by atoms with Crippen molar-refractivity contribution in [2.24, 2.45) is 7.05 Å². The molecule has 35 heavy (non-hydrogen) atoms. The summed E-state index contributed by atoms with van der Waals surface area (Å²) < 4.78 is 75.0. The monoisotopic (exact) mass is 498 g/mol. The largest absolute Gasteiger partial charge is 0.503 e. The van der Waals surface area contributed by atoms with Crippen LogP contribution in [0, 0.1) is 11.6 Å². The number of halogens is 5. The third-order valence-corrected chi connectivity index (χ3v) is 6.40. The Morgan fingerprint density at radius 3 is 2.43 bits per heavy atom. The van der Waals surface area contributed by atoms with Crippen LogP contribution in [0.25, 0.3) is 22.3 Å². The molecule has 9 nitrogen and oxygen atoms in total. The molecule has 1 spiro atoms. The van der Waals surface area contributed by atoms with Gasteiger partial charge in [0.05, 0.1) is 17.5 Å². The topological polar surface area (TPSA) is 96.6 Å². The van der Waals surface area contributed by atoms with Crippen LogP contribution in [0.4, 0.5) is 32.7 Å².